The molecule has 8 nitrogen and oxygen atoms in total. The molecule has 3 rings (SSSR count). The number of hydrogen-bond acceptors (Lipinski definition) is 5. The maximum absolute atomic E-state index is 12.5. The van der Waals surface area contributed by atoms with Gasteiger partial charge in [-0.1, -0.05) is 16.8 Å². The van der Waals surface area contributed by atoms with Crippen molar-refractivity contribution in [3.8, 4) is 0 Å². The maximum atomic E-state index is 12.5. The molecule has 3 N–H and O–H groups in total. The van der Waals surface area contributed by atoms with Crippen LogP contribution in [0.1, 0.15) is 39.7 Å². The molecule has 0 saturated carbocycles. The van der Waals surface area contributed by atoms with E-state index < -0.39 is 5.91 Å². The monoisotopic (exact) mass is 398 g/mol. The van der Waals surface area contributed by atoms with Crippen molar-refractivity contribution in [1.29, 1.82) is 0 Å². The zero-order chi connectivity index (χ0) is 17.8. The van der Waals surface area contributed by atoms with Gasteiger partial charge in [0.25, 0.3) is 11.8 Å². The zero-order valence-corrected chi connectivity index (χ0v) is 15.7. The summed E-state index contributed by atoms with van der Waals surface area (Å²) in [7, 11) is 1.51. The van der Waals surface area contributed by atoms with E-state index in [0.29, 0.717) is 10.7 Å². The zero-order valence-electron chi connectivity index (χ0n) is 14.2. The van der Waals surface area contributed by atoms with E-state index in [-0.39, 0.29) is 35.6 Å². The molecule has 2 heterocycles. The minimum atomic E-state index is -0.423. The van der Waals surface area contributed by atoms with Crippen LogP contribution in [0.5, 0.6) is 0 Å². The number of rotatable bonds is 4. The second-order valence-corrected chi connectivity index (χ2v) is 6.22. The molecule has 1 fully saturated rings. The maximum Gasteiger partial charge on any atom is 0.277 e. The van der Waals surface area contributed by atoms with Crippen molar-refractivity contribution in [2.45, 2.75) is 18.9 Å². The second-order valence-electron chi connectivity index (χ2n) is 5.79. The third-order valence-electron chi connectivity index (χ3n) is 4.13. The molecule has 0 aliphatic carbocycles. The Labute approximate surface area is 162 Å². The number of aromatic nitrogens is 3. The molecule has 1 aromatic carbocycles. The first-order valence-electron chi connectivity index (χ1n) is 8.04. The summed E-state index contributed by atoms with van der Waals surface area (Å²) in [6.45, 7) is 1.85. The molecule has 0 unspecified atom stereocenters. The molecular formula is C16H20Cl2N6O2. The van der Waals surface area contributed by atoms with Gasteiger partial charge < -0.3 is 16.0 Å². The molecule has 0 radical (unpaired) electrons. The fourth-order valence-electron chi connectivity index (χ4n) is 2.76. The van der Waals surface area contributed by atoms with Crippen molar-refractivity contribution in [3.63, 3.8) is 0 Å². The van der Waals surface area contributed by atoms with Crippen molar-refractivity contribution >= 4 is 41.5 Å². The first-order valence-corrected chi connectivity index (χ1v) is 8.42. The van der Waals surface area contributed by atoms with Crippen molar-refractivity contribution < 1.29 is 9.59 Å². The van der Waals surface area contributed by atoms with Crippen LogP contribution in [0.2, 0.25) is 5.02 Å². The summed E-state index contributed by atoms with van der Waals surface area (Å²) in [5, 5.41) is 16.9. The number of amides is 2. The predicted molar refractivity (Wildman–Crippen MR) is 101 cm³/mol. The van der Waals surface area contributed by atoms with E-state index in [1.807, 2.05) is 0 Å². The van der Waals surface area contributed by atoms with Crippen LogP contribution < -0.4 is 16.0 Å². The van der Waals surface area contributed by atoms with Gasteiger partial charge in [0.05, 0.1) is 23.5 Å². The highest BCUT2D eigenvalue weighted by Crippen LogP contribution is 2.22. The Kier molecular flexibility index (Phi) is 6.96. The highest BCUT2D eigenvalue weighted by molar-refractivity contribution is 6.31. The smallest absolute Gasteiger partial charge is 0.277 e. The average molecular weight is 399 g/mol. The number of carbonyl (C=O) groups is 2. The van der Waals surface area contributed by atoms with Crippen LogP contribution >= 0.6 is 24.0 Å². The molecule has 1 aromatic heterocycles. The Morgan fingerprint density at radius 2 is 2.00 bits per heavy atom. The number of piperidine rings is 1. The standard InChI is InChI=1S/C16H19ClN6O2.ClH/c1-18-15(24)12-8-10(17)2-3-13(12)20-16(25)14-9-23(22-21-14)11-4-6-19-7-5-11;/h2-3,8-9,11,19H,4-7H2,1H3,(H,18,24)(H,20,25);1H. The van der Waals surface area contributed by atoms with Crippen LogP contribution in [0.15, 0.2) is 24.4 Å². The number of carbonyl (C=O) groups excluding carboxylic acids is 2. The molecule has 0 bridgehead atoms. The van der Waals surface area contributed by atoms with Gasteiger partial charge in [0.1, 0.15) is 0 Å². The first-order chi connectivity index (χ1) is 12.1. The summed E-state index contributed by atoms with van der Waals surface area (Å²) in [5.74, 6) is -0.760. The highest BCUT2D eigenvalue weighted by atomic mass is 35.5. The SMILES string of the molecule is CNC(=O)c1cc(Cl)ccc1NC(=O)c1cn(C2CCNCC2)nn1.Cl. The van der Waals surface area contributed by atoms with Crippen LogP contribution in [-0.2, 0) is 0 Å². The van der Waals surface area contributed by atoms with Gasteiger partial charge in [-0.2, -0.15) is 0 Å². The molecule has 1 aliphatic rings. The van der Waals surface area contributed by atoms with Crippen LogP contribution in [0.3, 0.4) is 0 Å². The van der Waals surface area contributed by atoms with E-state index in [9.17, 15) is 9.59 Å². The van der Waals surface area contributed by atoms with E-state index in [2.05, 4.69) is 26.3 Å². The molecule has 0 spiro atoms. The lowest BCUT2D eigenvalue weighted by Crippen LogP contribution is -2.29. The van der Waals surface area contributed by atoms with Crippen LogP contribution in [-0.4, -0.2) is 46.9 Å². The van der Waals surface area contributed by atoms with Gasteiger partial charge in [-0.25, -0.2) is 4.68 Å². The van der Waals surface area contributed by atoms with Gasteiger partial charge in [-0.05, 0) is 44.1 Å². The van der Waals surface area contributed by atoms with Crippen molar-refractivity contribution in [2.75, 3.05) is 25.5 Å². The fraction of sp³-hybridized carbons (Fsp3) is 0.375. The first kappa shape index (κ1) is 20.2. The number of benzene rings is 1. The Morgan fingerprint density at radius 3 is 2.69 bits per heavy atom. The van der Waals surface area contributed by atoms with E-state index in [1.165, 1.54) is 13.1 Å². The summed E-state index contributed by atoms with van der Waals surface area (Å²) >= 11 is 5.94. The van der Waals surface area contributed by atoms with E-state index in [1.54, 1.807) is 23.0 Å². The third kappa shape index (κ3) is 4.51. The minimum absolute atomic E-state index is 0. The number of hydrogen-bond donors (Lipinski definition) is 3. The lowest BCUT2D eigenvalue weighted by molar-refractivity contribution is 0.0964. The van der Waals surface area contributed by atoms with E-state index >= 15 is 0 Å². The van der Waals surface area contributed by atoms with Gasteiger partial charge in [-0.15, -0.1) is 17.5 Å². The number of nitrogens with zero attached hydrogens (tertiary/aromatic N) is 3. The molecule has 26 heavy (non-hydrogen) atoms. The van der Waals surface area contributed by atoms with Gasteiger partial charge in [0, 0.05) is 12.1 Å². The van der Waals surface area contributed by atoms with Crippen molar-refractivity contribution in [2.24, 2.45) is 0 Å². The predicted octanol–water partition coefficient (Wildman–Crippen LogP) is 1.89. The average Bonchev–Trinajstić information content (AvgIpc) is 3.13. The molecule has 2 amide bonds. The van der Waals surface area contributed by atoms with E-state index in [0.717, 1.165) is 25.9 Å². The molecule has 1 saturated heterocycles. The Hall–Kier alpha value is -2.16. The Bertz CT molecular complexity index is 789. The van der Waals surface area contributed by atoms with Gasteiger partial charge in [0.2, 0.25) is 0 Å². The van der Waals surface area contributed by atoms with Crippen molar-refractivity contribution in [1.82, 2.24) is 25.6 Å². The minimum Gasteiger partial charge on any atom is -0.355 e. The molecular weight excluding hydrogens is 379 g/mol. The summed E-state index contributed by atoms with van der Waals surface area (Å²) in [6, 6.07) is 4.94. The fourth-order valence-corrected chi connectivity index (χ4v) is 2.94. The molecule has 10 heteroatoms. The van der Waals surface area contributed by atoms with Gasteiger partial charge in [-0.3, -0.25) is 9.59 Å². The molecule has 2 aromatic rings. The number of halogens is 2. The summed E-state index contributed by atoms with van der Waals surface area (Å²) in [5.41, 5.74) is 0.857. The summed E-state index contributed by atoms with van der Waals surface area (Å²) < 4.78 is 1.73. The van der Waals surface area contributed by atoms with Crippen LogP contribution in [0.4, 0.5) is 5.69 Å². The normalized spacial score (nSPS) is 14.4. The Morgan fingerprint density at radius 1 is 1.27 bits per heavy atom. The van der Waals surface area contributed by atoms with Crippen molar-refractivity contribution in [3.05, 3.63) is 40.7 Å². The highest BCUT2D eigenvalue weighted by Gasteiger charge is 2.20. The number of nitrogens with one attached hydrogen (secondary N) is 3. The van der Waals surface area contributed by atoms with Gasteiger partial charge in [0.15, 0.2) is 5.69 Å². The van der Waals surface area contributed by atoms with Crippen LogP contribution in [0, 0.1) is 0 Å². The van der Waals surface area contributed by atoms with E-state index in [4.69, 9.17) is 11.6 Å². The lowest BCUT2D eigenvalue weighted by atomic mass is 10.1. The largest absolute Gasteiger partial charge is 0.355 e. The summed E-state index contributed by atoms with van der Waals surface area (Å²) in [6.07, 6.45) is 3.53. The van der Waals surface area contributed by atoms with Gasteiger partial charge >= 0.3 is 0 Å². The molecule has 140 valence electrons. The quantitative estimate of drug-likeness (QED) is 0.729. The molecule has 1 aliphatic heterocycles. The van der Waals surface area contributed by atoms with Crippen LogP contribution in [0.25, 0.3) is 0 Å². The summed E-state index contributed by atoms with van der Waals surface area (Å²) in [4.78, 5) is 24.4. The topological polar surface area (TPSA) is 101 Å². The second kappa shape index (κ2) is 8.98. The Balaban J connectivity index is 0.00000243. The molecule has 0 atom stereocenters. The lowest BCUT2D eigenvalue weighted by Gasteiger charge is -2.22. The number of anilines is 1. The third-order valence-corrected chi connectivity index (χ3v) is 4.36.